The summed E-state index contributed by atoms with van der Waals surface area (Å²) >= 11 is 0. The van der Waals surface area contributed by atoms with E-state index in [-0.39, 0.29) is 11.9 Å². The van der Waals surface area contributed by atoms with Gasteiger partial charge in [0.05, 0.1) is 6.33 Å². The molecule has 2 heterocycles. The number of likely N-dealkylation sites (tertiary alicyclic amines) is 1. The Bertz CT molecular complexity index is 652. The number of benzene rings is 1. The Hall–Kier alpha value is -2.14. The first-order valence-corrected chi connectivity index (χ1v) is 8.21. The largest absolute Gasteiger partial charge is 0.347 e. The molecule has 1 fully saturated rings. The molecule has 1 N–H and O–H groups in total. The van der Waals surface area contributed by atoms with Crippen LogP contribution in [0.4, 0.5) is 0 Å². The van der Waals surface area contributed by atoms with Crippen molar-refractivity contribution in [2.24, 2.45) is 7.05 Å². The highest BCUT2D eigenvalue weighted by atomic mass is 16.2. The number of nitrogens with zero attached hydrogens (tertiary/aromatic N) is 3. The first-order valence-electron chi connectivity index (χ1n) is 8.21. The van der Waals surface area contributed by atoms with Gasteiger partial charge in [0.1, 0.15) is 5.69 Å². The number of carbonyl (C=O) groups is 1. The Kier molecular flexibility index (Phi) is 4.76. The minimum absolute atomic E-state index is 0.0789. The van der Waals surface area contributed by atoms with Crippen LogP contribution in [0.1, 0.15) is 41.9 Å². The van der Waals surface area contributed by atoms with Crippen LogP contribution in [0.15, 0.2) is 42.9 Å². The topological polar surface area (TPSA) is 50.2 Å². The first-order chi connectivity index (χ1) is 11.1. The normalized spacial score (nSPS) is 20.2. The number of imidazole rings is 1. The van der Waals surface area contributed by atoms with Gasteiger partial charge in [0.2, 0.25) is 0 Å². The third kappa shape index (κ3) is 3.79. The highest BCUT2D eigenvalue weighted by Gasteiger charge is 2.26. The summed E-state index contributed by atoms with van der Waals surface area (Å²) < 4.78 is 1.79. The Balaban J connectivity index is 1.61. The third-order valence-electron chi connectivity index (χ3n) is 4.56. The predicted octanol–water partition coefficient (Wildman–Crippen LogP) is 2.38. The van der Waals surface area contributed by atoms with E-state index in [0.29, 0.717) is 11.7 Å². The molecule has 0 bridgehead atoms. The zero-order valence-electron chi connectivity index (χ0n) is 13.8. The zero-order chi connectivity index (χ0) is 16.2. The molecular formula is C18H24N4O. The molecule has 0 radical (unpaired) electrons. The lowest BCUT2D eigenvalue weighted by Crippen LogP contribution is -2.48. The highest BCUT2D eigenvalue weighted by molar-refractivity contribution is 5.92. The Labute approximate surface area is 137 Å². The molecule has 5 heteroatoms. The molecule has 3 rings (SSSR count). The van der Waals surface area contributed by atoms with Crippen LogP contribution >= 0.6 is 0 Å². The Morgan fingerprint density at radius 1 is 1.35 bits per heavy atom. The van der Waals surface area contributed by atoms with Gasteiger partial charge in [-0.25, -0.2) is 4.98 Å². The van der Waals surface area contributed by atoms with Crippen molar-refractivity contribution in [1.29, 1.82) is 0 Å². The molecule has 1 amide bonds. The number of amides is 1. The van der Waals surface area contributed by atoms with Crippen LogP contribution in [0, 0.1) is 0 Å². The van der Waals surface area contributed by atoms with E-state index in [1.54, 1.807) is 17.1 Å². The maximum Gasteiger partial charge on any atom is 0.271 e. The monoisotopic (exact) mass is 312 g/mol. The van der Waals surface area contributed by atoms with Crippen molar-refractivity contribution in [3.63, 3.8) is 0 Å². The molecule has 23 heavy (non-hydrogen) atoms. The van der Waals surface area contributed by atoms with Crippen molar-refractivity contribution >= 4 is 5.91 Å². The van der Waals surface area contributed by atoms with Gasteiger partial charge in [-0.05, 0) is 31.9 Å². The minimum atomic E-state index is -0.0789. The van der Waals surface area contributed by atoms with E-state index in [0.717, 1.165) is 25.9 Å². The lowest BCUT2D eigenvalue weighted by atomic mass is 10.0. The van der Waals surface area contributed by atoms with Gasteiger partial charge in [0.25, 0.3) is 5.91 Å². The van der Waals surface area contributed by atoms with Crippen molar-refractivity contribution in [2.45, 2.75) is 31.8 Å². The van der Waals surface area contributed by atoms with Crippen molar-refractivity contribution in [3.8, 4) is 0 Å². The molecule has 1 aliphatic heterocycles. The maximum atomic E-state index is 12.3. The molecule has 2 atom stereocenters. The van der Waals surface area contributed by atoms with Gasteiger partial charge in [-0.3, -0.25) is 9.69 Å². The number of hydrogen-bond acceptors (Lipinski definition) is 3. The molecule has 5 nitrogen and oxygen atoms in total. The molecule has 1 aromatic carbocycles. The zero-order valence-corrected chi connectivity index (χ0v) is 13.8. The second kappa shape index (κ2) is 6.96. The molecule has 2 unspecified atom stereocenters. The van der Waals surface area contributed by atoms with Crippen LogP contribution in [0.5, 0.6) is 0 Å². The van der Waals surface area contributed by atoms with E-state index < -0.39 is 0 Å². The van der Waals surface area contributed by atoms with Gasteiger partial charge >= 0.3 is 0 Å². The standard InChI is InChI=1S/C18H24N4O/c1-14(15-7-4-3-5-8-15)22-10-6-9-16(11-22)20-18(23)17-12-21(2)13-19-17/h3-5,7-8,12-14,16H,6,9-11H2,1-2H3,(H,20,23). The number of carbonyl (C=O) groups excluding carboxylic acids is 1. The highest BCUT2D eigenvalue weighted by Crippen LogP contribution is 2.24. The van der Waals surface area contributed by atoms with E-state index in [1.807, 2.05) is 13.1 Å². The number of piperidine rings is 1. The fourth-order valence-electron chi connectivity index (χ4n) is 3.21. The molecular weight excluding hydrogens is 288 g/mol. The number of nitrogens with one attached hydrogen (secondary N) is 1. The summed E-state index contributed by atoms with van der Waals surface area (Å²) in [5, 5.41) is 3.13. The van der Waals surface area contributed by atoms with E-state index in [2.05, 4.69) is 46.4 Å². The predicted molar refractivity (Wildman–Crippen MR) is 90.1 cm³/mol. The van der Waals surface area contributed by atoms with Gasteiger partial charge in [0, 0.05) is 31.9 Å². The number of hydrogen-bond donors (Lipinski definition) is 1. The van der Waals surface area contributed by atoms with E-state index in [9.17, 15) is 4.79 Å². The third-order valence-corrected chi connectivity index (χ3v) is 4.56. The lowest BCUT2D eigenvalue weighted by molar-refractivity contribution is 0.0876. The summed E-state index contributed by atoms with van der Waals surface area (Å²) in [5.41, 5.74) is 1.81. The van der Waals surface area contributed by atoms with Crippen molar-refractivity contribution in [1.82, 2.24) is 19.8 Å². The summed E-state index contributed by atoms with van der Waals surface area (Å²) in [6, 6.07) is 11.1. The van der Waals surface area contributed by atoms with Crippen LogP contribution in [-0.2, 0) is 7.05 Å². The van der Waals surface area contributed by atoms with Crippen LogP contribution < -0.4 is 5.32 Å². The molecule has 122 valence electrons. The SMILES string of the molecule is CC(c1ccccc1)N1CCCC(NC(=O)c2cn(C)cn2)C1. The van der Waals surface area contributed by atoms with Gasteiger partial charge in [-0.1, -0.05) is 30.3 Å². The van der Waals surface area contributed by atoms with Crippen LogP contribution in [-0.4, -0.2) is 39.5 Å². The molecule has 1 aromatic heterocycles. The minimum Gasteiger partial charge on any atom is -0.347 e. The number of rotatable bonds is 4. The molecule has 0 spiro atoms. The second-order valence-electron chi connectivity index (χ2n) is 6.32. The molecule has 1 aliphatic rings. The maximum absolute atomic E-state index is 12.3. The quantitative estimate of drug-likeness (QED) is 0.943. The molecule has 1 saturated heterocycles. The van der Waals surface area contributed by atoms with Crippen molar-refractivity contribution < 1.29 is 4.79 Å². The van der Waals surface area contributed by atoms with Crippen molar-refractivity contribution in [3.05, 3.63) is 54.1 Å². The number of aryl methyl sites for hydroxylation is 1. The van der Waals surface area contributed by atoms with Gasteiger partial charge in [0.15, 0.2) is 0 Å². The fraction of sp³-hybridized carbons (Fsp3) is 0.444. The Morgan fingerprint density at radius 3 is 2.83 bits per heavy atom. The number of aromatic nitrogens is 2. The fourth-order valence-corrected chi connectivity index (χ4v) is 3.21. The Morgan fingerprint density at radius 2 is 2.13 bits per heavy atom. The first kappa shape index (κ1) is 15.7. The van der Waals surface area contributed by atoms with Gasteiger partial charge < -0.3 is 9.88 Å². The van der Waals surface area contributed by atoms with Crippen molar-refractivity contribution in [2.75, 3.05) is 13.1 Å². The van der Waals surface area contributed by atoms with Crippen LogP contribution in [0.2, 0.25) is 0 Å². The average Bonchev–Trinajstić information content (AvgIpc) is 3.02. The van der Waals surface area contributed by atoms with E-state index in [4.69, 9.17) is 0 Å². The lowest BCUT2D eigenvalue weighted by Gasteiger charge is -2.37. The average molecular weight is 312 g/mol. The van der Waals surface area contributed by atoms with Gasteiger partial charge in [-0.2, -0.15) is 0 Å². The molecule has 0 aliphatic carbocycles. The summed E-state index contributed by atoms with van der Waals surface area (Å²) in [6.07, 6.45) is 5.53. The smallest absolute Gasteiger partial charge is 0.271 e. The van der Waals surface area contributed by atoms with E-state index in [1.165, 1.54) is 5.56 Å². The second-order valence-corrected chi connectivity index (χ2v) is 6.32. The summed E-state index contributed by atoms with van der Waals surface area (Å²) in [5.74, 6) is -0.0789. The van der Waals surface area contributed by atoms with Crippen LogP contribution in [0.25, 0.3) is 0 Å². The summed E-state index contributed by atoms with van der Waals surface area (Å²) in [6.45, 7) is 4.19. The summed E-state index contributed by atoms with van der Waals surface area (Å²) in [7, 11) is 1.87. The van der Waals surface area contributed by atoms with E-state index >= 15 is 0 Å². The summed E-state index contributed by atoms with van der Waals surface area (Å²) in [4.78, 5) is 18.8. The molecule has 2 aromatic rings. The van der Waals surface area contributed by atoms with Gasteiger partial charge in [-0.15, -0.1) is 0 Å². The molecule has 0 saturated carbocycles. The van der Waals surface area contributed by atoms with Crippen LogP contribution in [0.3, 0.4) is 0 Å².